The fourth-order valence-electron chi connectivity index (χ4n) is 2.59. The number of hydrogen-bond donors (Lipinski definition) is 2. The second-order valence-electron chi connectivity index (χ2n) is 6.41. The molecule has 0 spiro atoms. The third-order valence-corrected chi connectivity index (χ3v) is 4.24. The Balaban J connectivity index is 1.84. The van der Waals surface area contributed by atoms with E-state index in [0.717, 1.165) is 22.6 Å². The summed E-state index contributed by atoms with van der Waals surface area (Å²) < 4.78 is 0. The first-order chi connectivity index (χ1) is 12.4. The summed E-state index contributed by atoms with van der Waals surface area (Å²) in [6.07, 6.45) is 0. The molecule has 1 amide bonds. The topological polar surface area (TPSA) is 66.9 Å². The van der Waals surface area contributed by atoms with Crippen molar-refractivity contribution in [3.8, 4) is 0 Å². The average Bonchev–Trinajstić information content (AvgIpc) is 2.59. The Bertz CT molecular complexity index is 966. The summed E-state index contributed by atoms with van der Waals surface area (Å²) in [4.78, 5) is 21.4. The molecule has 3 rings (SSSR count). The third kappa shape index (κ3) is 4.06. The van der Waals surface area contributed by atoms with E-state index in [2.05, 4.69) is 34.4 Å². The number of rotatable bonds is 4. The van der Waals surface area contributed by atoms with Crippen molar-refractivity contribution in [1.82, 2.24) is 9.97 Å². The number of carbonyl (C=O) groups is 1. The smallest absolute Gasteiger partial charge is 0.274 e. The second-order valence-corrected chi connectivity index (χ2v) is 6.41. The van der Waals surface area contributed by atoms with Crippen LogP contribution in [0.3, 0.4) is 0 Å². The van der Waals surface area contributed by atoms with Crippen LogP contribution < -0.4 is 10.6 Å². The molecule has 0 bridgehead atoms. The average molecular weight is 346 g/mol. The van der Waals surface area contributed by atoms with Crippen molar-refractivity contribution >= 4 is 23.2 Å². The number of hydrogen-bond acceptors (Lipinski definition) is 4. The van der Waals surface area contributed by atoms with Crippen LogP contribution in [0.15, 0.2) is 48.5 Å². The molecule has 5 heteroatoms. The molecule has 5 nitrogen and oxygen atoms in total. The van der Waals surface area contributed by atoms with Gasteiger partial charge in [0.15, 0.2) is 0 Å². The van der Waals surface area contributed by atoms with Gasteiger partial charge < -0.3 is 10.6 Å². The highest BCUT2D eigenvalue weighted by atomic mass is 16.1. The molecule has 0 unspecified atom stereocenters. The van der Waals surface area contributed by atoms with Gasteiger partial charge in [0.2, 0.25) is 5.95 Å². The number of benzene rings is 2. The molecule has 0 aliphatic rings. The highest BCUT2D eigenvalue weighted by Gasteiger charge is 2.12. The lowest BCUT2D eigenvalue weighted by molar-refractivity contribution is 0.102. The normalized spacial score (nSPS) is 10.5. The minimum absolute atomic E-state index is 0.257. The Labute approximate surface area is 153 Å². The molecular weight excluding hydrogens is 324 g/mol. The Morgan fingerprint density at radius 3 is 2.35 bits per heavy atom. The molecule has 0 aliphatic carbocycles. The summed E-state index contributed by atoms with van der Waals surface area (Å²) in [7, 11) is 0. The fourth-order valence-corrected chi connectivity index (χ4v) is 2.59. The number of anilines is 3. The number of carbonyl (C=O) groups excluding carboxylic acids is 1. The fraction of sp³-hybridized carbons (Fsp3) is 0.190. The zero-order chi connectivity index (χ0) is 18.7. The zero-order valence-corrected chi connectivity index (χ0v) is 15.4. The molecule has 0 atom stereocenters. The molecule has 1 aromatic heterocycles. The second kappa shape index (κ2) is 7.35. The van der Waals surface area contributed by atoms with Crippen molar-refractivity contribution in [2.75, 3.05) is 10.6 Å². The molecular formula is C21H22N4O. The maximum absolute atomic E-state index is 12.6. The largest absolute Gasteiger partial charge is 0.324 e. The van der Waals surface area contributed by atoms with Crippen molar-refractivity contribution in [3.05, 3.63) is 76.6 Å². The standard InChI is InChI=1S/C21H22N4O/c1-13-9-10-17(11-15(13)3)23-21-22-16(4)12-19(25-21)20(26)24-18-8-6-5-7-14(18)2/h5-12H,1-4H3,(H,24,26)(H,22,23,25). The van der Waals surface area contributed by atoms with Crippen molar-refractivity contribution < 1.29 is 4.79 Å². The maximum Gasteiger partial charge on any atom is 0.274 e. The van der Waals surface area contributed by atoms with E-state index in [1.807, 2.05) is 56.3 Å². The minimum Gasteiger partial charge on any atom is -0.324 e. The van der Waals surface area contributed by atoms with Crippen LogP contribution in [-0.2, 0) is 0 Å². The summed E-state index contributed by atoms with van der Waals surface area (Å²) in [6.45, 7) is 7.92. The van der Waals surface area contributed by atoms with Crippen LogP contribution in [0.25, 0.3) is 0 Å². The molecule has 26 heavy (non-hydrogen) atoms. The number of nitrogens with zero attached hydrogens (tertiary/aromatic N) is 2. The number of para-hydroxylation sites is 1. The molecule has 0 fully saturated rings. The first-order valence-corrected chi connectivity index (χ1v) is 8.49. The quantitative estimate of drug-likeness (QED) is 0.718. The molecule has 2 N–H and O–H groups in total. The van der Waals surface area contributed by atoms with Crippen LogP contribution in [0.2, 0.25) is 0 Å². The lowest BCUT2D eigenvalue weighted by Gasteiger charge is -2.11. The van der Waals surface area contributed by atoms with Gasteiger partial charge in [0.25, 0.3) is 5.91 Å². The van der Waals surface area contributed by atoms with E-state index in [-0.39, 0.29) is 5.91 Å². The molecule has 0 radical (unpaired) electrons. The van der Waals surface area contributed by atoms with E-state index < -0.39 is 0 Å². The number of amides is 1. The SMILES string of the molecule is Cc1cc(C(=O)Nc2ccccc2C)nc(Nc2ccc(C)c(C)c2)n1. The first-order valence-electron chi connectivity index (χ1n) is 8.49. The molecule has 0 aliphatic heterocycles. The van der Waals surface area contributed by atoms with Gasteiger partial charge in [0.1, 0.15) is 5.69 Å². The molecule has 2 aromatic carbocycles. The van der Waals surface area contributed by atoms with Gasteiger partial charge in [0, 0.05) is 17.1 Å². The lowest BCUT2D eigenvalue weighted by Crippen LogP contribution is -2.16. The Morgan fingerprint density at radius 1 is 0.846 bits per heavy atom. The van der Waals surface area contributed by atoms with Crippen LogP contribution in [0.5, 0.6) is 0 Å². The van der Waals surface area contributed by atoms with Crippen LogP contribution in [0.1, 0.15) is 32.9 Å². The van der Waals surface area contributed by atoms with Gasteiger partial charge in [-0.2, -0.15) is 0 Å². The van der Waals surface area contributed by atoms with E-state index in [1.54, 1.807) is 6.07 Å². The number of aryl methyl sites for hydroxylation is 4. The Kier molecular flexibility index (Phi) is 4.98. The van der Waals surface area contributed by atoms with Crippen LogP contribution in [0, 0.1) is 27.7 Å². The first kappa shape index (κ1) is 17.6. The maximum atomic E-state index is 12.6. The predicted molar refractivity (Wildman–Crippen MR) is 105 cm³/mol. The monoisotopic (exact) mass is 346 g/mol. The van der Waals surface area contributed by atoms with Gasteiger partial charge in [-0.05, 0) is 68.7 Å². The van der Waals surface area contributed by atoms with Gasteiger partial charge in [-0.3, -0.25) is 4.79 Å². The third-order valence-electron chi connectivity index (χ3n) is 4.24. The zero-order valence-electron chi connectivity index (χ0n) is 15.4. The lowest BCUT2D eigenvalue weighted by atomic mass is 10.1. The van der Waals surface area contributed by atoms with Gasteiger partial charge in [-0.25, -0.2) is 9.97 Å². The Hall–Kier alpha value is -3.21. The van der Waals surface area contributed by atoms with Crippen LogP contribution in [-0.4, -0.2) is 15.9 Å². The molecule has 132 valence electrons. The van der Waals surface area contributed by atoms with E-state index in [0.29, 0.717) is 11.6 Å². The van der Waals surface area contributed by atoms with Gasteiger partial charge in [0.05, 0.1) is 0 Å². The number of nitrogens with one attached hydrogen (secondary N) is 2. The van der Waals surface area contributed by atoms with Crippen molar-refractivity contribution in [2.45, 2.75) is 27.7 Å². The molecule has 0 saturated carbocycles. The van der Waals surface area contributed by atoms with Crippen molar-refractivity contribution in [1.29, 1.82) is 0 Å². The van der Waals surface area contributed by atoms with Crippen LogP contribution >= 0.6 is 0 Å². The predicted octanol–water partition coefficient (Wildman–Crippen LogP) is 4.71. The highest BCUT2D eigenvalue weighted by molar-refractivity contribution is 6.03. The van der Waals surface area contributed by atoms with E-state index >= 15 is 0 Å². The summed E-state index contributed by atoms with van der Waals surface area (Å²) in [5.74, 6) is 0.149. The van der Waals surface area contributed by atoms with Crippen molar-refractivity contribution in [2.24, 2.45) is 0 Å². The van der Waals surface area contributed by atoms with Gasteiger partial charge in [-0.1, -0.05) is 24.3 Å². The van der Waals surface area contributed by atoms with Gasteiger partial charge >= 0.3 is 0 Å². The minimum atomic E-state index is -0.257. The highest BCUT2D eigenvalue weighted by Crippen LogP contribution is 2.19. The van der Waals surface area contributed by atoms with Crippen LogP contribution in [0.4, 0.5) is 17.3 Å². The Morgan fingerprint density at radius 2 is 1.62 bits per heavy atom. The summed E-state index contributed by atoms with van der Waals surface area (Å²) >= 11 is 0. The summed E-state index contributed by atoms with van der Waals surface area (Å²) in [6, 6.07) is 15.4. The molecule has 1 heterocycles. The van der Waals surface area contributed by atoms with E-state index in [4.69, 9.17) is 0 Å². The summed E-state index contributed by atoms with van der Waals surface area (Å²) in [5, 5.41) is 6.09. The van der Waals surface area contributed by atoms with E-state index in [9.17, 15) is 4.79 Å². The summed E-state index contributed by atoms with van der Waals surface area (Å²) in [5.41, 5.74) is 6.12. The number of aromatic nitrogens is 2. The molecule has 0 saturated heterocycles. The van der Waals surface area contributed by atoms with E-state index in [1.165, 1.54) is 11.1 Å². The molecule has 3 aromatic rings. The van der Waals surface area contributed by atoms with Gasteiger partial charge in [-0.15, -0.1) is 0 Å². The van der Waals surface area contributed by atoms with Crippen molar-refractivity contribution in [3.63, 3.8) is 0 Å².